The van der Waals surface area contributed by atoms with Crippen LogP contribution in [0.2, 0.25) is 0 Å². The van der Waals surface area contributed by atoms with Gasteiger partial charge in [-0.05, 0) is 26.0 Å². The minimum absolute atomic E-state index is 0.0601. The molecule has 0 fully saturated rings. The molecule has 0 aliphatic heterocycles. The van der Waals surface area contributed by atoms with E-state index in [9.17, 15) is 4.79 Å². The number of aryl methyl sites for hydroxylation is 2. The average molecular weight is 245 g/mol. The summed E-state index contributed by atoms with van der Waals surface area (Å²) in [5, 5.41) is 6.64. The summed E-state index contributed by atoms with van der Waals surface area (Å²) in [5.74, 6) is 0.635. The van der Waals surface area contributed by atoms with Gasteiger partial charge >= 0.3 is 0 Å². The maximum absolute atomic E-state index is 11.8. The highest BCUT2D eigenvalue weighted by Crippen LogP contribution is 2.12. The maximum atomic E-state index is 11.8. The molecule has 18 heavy (non-hydrogen) atoms. The van der Waals surface area contributed by atoms with Gasteiger partial charge in [-0.3, -0.25) is 9.78 Å². The van der Waals surface area contributed by atoms with Gasteiger partial charge in [-0.25, -0.2) is 0 Å². The van der Waals surface area contributed by atoms with Gasteiger partial charge in [0.25, 0.3) is 0 Å². The van der Waals surface area contributed by atoms with Crippen molar-refractivity contribution in [3.63, 3.8) is 0 Å². The third kappa shape index (κ3) is 2.94. The van der Waals surface area contributed by atoms with Gasteiger partial charge in [0.2, 0.25) is 5.91 Å². The highest BCUT2D eigenvalue weighted by atomic mass is 16.5. The molecular weight excluding hydrogens is 230 g/mol. The lowest BCUT2D eigenvalue weighted by Crippen LogP contribution is -2.25. The molecule has 0 aliphatic carbocycles. The first-order valence-corrected chi connectivity index (χ1v) is 5.75. The Balaban J connectivity index is 1.90. The summed E-state index contributed by atoms with van der Waals surface area (Å²) in [6, 6.07) is 5.61. The minimum atomic E-state index is -0.0601. The van der Waals surface area contributed by atoms with Crippen molar-refractivity contribution in [2.75, 3.05) is 0 Å². The molecular formula is C13H15N3O2. The second-order valence-corrected chi connectivity index (χ2v) is 4.08. The van der Waals surface area contributed by atoms with Gasteiger partial charge in [0.05, 0.1) is 24.4 Å². The lowest BCUT2D eigenvalue weighted by atomic mass is 10.1. The quantitative estimate of drug-likeness (QED) is 0.887. The Hall–Kier alpha value is -2.17. The van der Waals surface area contributed by atoms with Crippen molar-refractivity contribution >= 4 is 5.91 Å². The summed E-state index contributed by atoms with van der Waals surface area (Å²) in [6.45, 7) is 4.07. The lowest BCUT2D eigenvalue weighted by molar-refractivity contribution is -0.120. The van der Waals surface area contributed by atoms with E-state index in [0.717, 1.165) is 17.0 Å². The Morgan fingerprint density at radius 1 is 1.39 bits per heavy atom. The molecule has 0 unspecified atom stereocenters. The molecule has 1 N–H and O–H groups in total. The van der Waals surface area contributed by atoms with E-state index in [2.05, 4.69) is 15.5 Å². The number of hydrogen-bond acceptors (Lipinski definition) is 4. The molecule has 0 aliphatic rings. The van der Waals surface area contributed by atoms with Crippen LogP contribution in [-0.2, 0) is 17.8 Å². The fourth-order valence-electron chi connectivity index (χ4n) is 1.67. The zero-order valence-electron chi connectivity index (χ0n) is 10.4. The van der Waals surface area contributed by atoms with Crippen molar-refractivity contribution in [2.24, 2.45) is 0 Å². The first-order valence-electron chi connectivity index (χ1n) is 5.75. The van der Waals surface area contributed by atoms with E-state index in [0.29, 0.717) is 12.3 Å². The maximum Gasteiger partial charge on any atom is 0.224 e. The van der Waals surface area contributed by atoms with Gasteiger partial charge in [-0.2, -0.15) is 0 Å². The first-order chi connectivity index (χ1) is 8.66. The standard InChI is InChI=1S/C13H15N3O2/c1-9-12(10(2)18-16-9)7-13(17)15-8-11-5-3-4-6-14-11/h3-6H,7-8H2,1-2H3,(H,15,17). The SMILES string of the molecule is Cc1noc(C)c1CC(=O)NCc1ccccn1. The van der Waals surface area contributed by atoms with Crippen LogP contribution in [0.15, 0.2) is 28.9 Å². The summed E-state index contributed by atoms with van der Waals surface area (Å²) in [6.07, 6.45) is 1.99. The molecule has 2 aromatic heterocycles. The second kappa shape index (κ2) is 5.44. The number of nitrogens with one attached hydrogen (secondary N) is 1. The molecule has 0 atom stereocenters. The summed E-state index contributed by atoms with van der Waals surface area (Å²) in [4.78, 5) is 15.9. The first kappa shape index (κ1) is 12.3. The predicted octanol–water partition coefficient (Wildman–Crippen LogP) is 1.55. The summed E-state index contributed by atoms with van der Waals surface area (Å²) in [5.41, 5.74) is 2.46. The number of amides is 1. The monoisotopic (exact) mass is 245 g/mol. The van der Waals surface area contributed by atoms with Gasteiger partial charge < -0.3 is 9.84 Å². The number of aromatic nitrogens is 2. The number of rotatable bonds is 4. The molecule has 0 saturated heterocycles. The average Bonchev–Trinajstić information content (AvgIpc) is 2.69. The highest BCUT2D eigenvalue weighted by Gasteiger charge is 2.13. The molecule has 0 bridgehead atoms. The third-order valence-electron chi connectivity index (χ3n) is 2.71. The lowest BCUT2D eigenvalue weighted by Gasteiger charge is -2.04. The molecule has 1 amide bonds. The zero-order valence-corrected chi connectivity index (χ0v) is 10.4. The summed E-state index contributed by atoms with van der Waals surface area (Å²) < 4.78 is 5.02. The van der Waals surface area contributed by atoms with Gasteiger partial charge in [0.1, 0.15) is 5.76 Å². The van der Waals surface area contributed by atoms with E-state index < -0.39 is 0 Å². The third-order valence-corrected chi connectivity index (χ3v) is 2.71. The number of carbonyl (C=O) groups excluding carboxylic acids is 1. The number of pyridine rings is 1. The van der Waals surface area contributed by atoms with Crippen LogP contribution < -0.4 is 5.32 Å². The van der Waals surface area contributed by atoms with Crippen LogP contribution >= 0.6 is 0 Å². The topological polar surface area (TPSA) is 68.0 Å². The van der Waals surface area contributed by atoms with E-state index in [1.807, 2.05) is 25.1 Å². The minimum Gasteiger partial charge on any atom is -0.361 e. The predicted molar refractivity (Wildman–Crippen MR) is 65.8 cm³/mol. The molecule has 2 heterocycles. The highest BCUT2D eigenvalue weighted by molar-refractivity contribution is 5.78. The van der Waals surface area contributed by atoms with Crippen molar-refractivity contribution in [3.8, 4) is 0 Å². The van der Waals surface area contributed by atoms with Crippen LogP contribution in [-0.4, -0.2) is 16.0 Å². The number of nitrogens with zero attached hydrogens (tertiary/aromatic N) is 2. The van der Waals surface area contributed by atoms with Crippen molar-refractivity contribution < 1.29 is 9.32 Å². The fraction of sp³-hybridized carbons (Fsp3) is 0.308. The molecule has 5 nitrogen and oxygen atoms in total. The molecule has 2 rings (SSSR count). The van der Waals surface area contributed by atoms with Crippen LogP contribution in [0.25, 0.3) is 0 Å². The van der Waals surface area contributed by atoms with Gasteiger partial charge in [-0.15, -0.1) is 0 Å². The van der Waals surface area contributed by atoms with E-state index in [4.69, 9.17) is 4.52 Å². The van der Waals surface area contributed by atoms with E-state index in [-0.39, 0.29) is 12.3 Å². The van der Waals surface area contributed by atoms with E-state index >= 15 is 0 Å². The van der Waals surface area contributed by atoms with Crippen LogP contribution in [0.3, 0.4) is 0 Å². The Kier molecular flexibility index (Phi) is 3.72. The van der Waals surface area contributed by atoms with Crippen molar-refractivity contribution in [1.82, 2.24) is 15.5 Å². The van der Waals surface area contributed by atoms with Crippen LogP contribution in [0.5, 0.6) is 0 Å². The van der Waals surface area contributed by atoms with E-state index in [1.165, 1.54) is 0 Å². The molecule has 0 aromatic carbocycles. The van der Waals surface area contributed by atoms with Gasteiger partial charge in [-0.1, -0.05) is 11.2 Å². The second-order valence-electron chi connectivity index (χ2n) is 4.08. The zero-order chi connectivity index (χ0) is 13.0. The fourth-order valence-corrected chi connectivity index (χ4v) is 1.67. The summed E-state index contributed by atoms with van der Waals surface area (Å²) in [7, 11) is 0. The Morgan fingerprint density at radius 3 is 2.83 bits per heavy atom. The van der Waals surface area contributed by atoms with Crippen LogP contribution in [0.1, 0.15) is 22.7 Å². The molecule has 0 saturated carbocycles. The van der Waals surface area contributed by atoms with Gasteiger partial charge in [0, 0.05) is 11.8 Å². The molecule has 0 spiro atoms. The summed E-state index contributed by atoms with van der Waals surface area (Å²) >= 11 is 0. The number of hydrogen-bond donors (Lipinski definition) is 1. The Morgan fingerprint density at radius 2 is 2.22 bits per heavy atom. The smallest absolute Gasteiger partial charge is 0.224 e. The molecule has 5 heteroatoms. The van der Waals surface area contributed by atoms with Crippen LogP contribution in [0.4, 0.5) is 0 Å². The van der Waals surface area contributed by atoms with Crippen molar-refractivity contribution in [3.05, 3.63) is 47.1 Å². The molecule has 94 valence electrons. The van der Waals surface area contributed by atoms with E-state index in [1.54, 1.807) is 13.1 Å². The molecule has 0 radical (unpaired) electrons. The van der Waals surface area contributed by atoms with Crippen molar-refractivity contribution in [1.29, 1.82) is 0 Å². The van der Waals surface area contributed by atoms with Crippen molar-refractivity contribution in [2.45, 2.75) is 26.8 Å². The number of carbonyl (C=O) groups is 1. The Labute approximate surface area is 105 Å². The van der Waals surface area contributed by atoms with Gasteiger partial charge in [0.15, 0.2) is 0 Å². The molecule has 2 aromatic rings. The van der Waals surface area contributed by atoms with Crippen LogP contribution in [0, 0.1) is 13.8 Å². The normalized spacial score (nSPS) is 10.3. The largest absolute Gasteiger partial charge is 0.361 e. The Bertz CT molecular complexity index is 515.